The highest BCUT2D eigenvalue weighted by Crippen LogP contribution is 2.30. The van der Waals surface area contributed by atoms with Gasteiger partial charge >= 0.3 is 0 Å². The van der Waals surface area contributed by atoms with Crippen molar-refractivity contribution < 1.29 is 9.53 Å². The van der Waals surface area contributed by atoms with E-state index in [-0.39, 0.29) is 11.8 Å². The van der Waals surface area contributed by atoms with E-state index in [1.54, 1.807) is 18.0 Å². The fraction of sp³-hybridized carbons (Fsp3) is 0.462. The number of benzene rings is 1. The Kier molecular flexibility index (Phi) is 7.37. The monoisotopic (exact) mass is 477 g/mol. The fourth-order valence-corrected chi connectivity index (χ4v) is 5.61. The molecule has 34 heavy (non-hydrogen) atoms. The number of carbonyl (C=O) groups is 1. The van der Waals surface area contributed by atoms with Gasteiger partial charge in [0.1, 0.15) is 0 Å². The number of morpholine rings is 1. The molecule has 4 heterocycles. The molecule has 178 valence electrons. The normalized spacial score (nSPS) is 19.4. The summed E-state index contributed by atoms with van der Waals surface area (Å²) in [4.78, 5) is 31.6. The van der Waals surface area contributed by atoms with E-state index < -0.39 is 0 Å². The van der Waals surface area contributed by atoms with Crippen molar-refractivity contribution >= 4 is 28.6 Å². The van der Waals surface area contributed by atoms with Crippen LogP contribution < -0.4 is 0 Å². The predicted octanol–water partition coefficient (Wildman–Crippen LogP) is 3.78. The molecule has 7 nitrogen and oxygen atoms in total. The Morgan fingerprint density at radius 1 is 1.18 bits per heavy atom. The Morgan fingerprint density at radius 2 is 2.06 bits per heavy atom. The number of hydrogen-bond donors (Lipinski definition) is 0. The number of thioether (sulfide) groups is 1. The zero-order valence-electron chi connectivity index (χ0n) is 19.7. The summed E-state index contributed by atoms with van der Waals surface area (Å²) in [5.74, 6) is 1.29. The number of aromatic nitrogens is 3. The van der Waals surface area contributed by atoms with Crippen LogP contribution in [0.2, 0.25) is 0 Å². The first-order chi connectivity index (χ1) is 16.7. The molecule has 2 saturated heterocycles. The molecule has 2 aromatic heterocycles. The average molecular weight is 478 g/mol. The number of hydrogen-bond acceptors (Lipinski definition) is 7. The largest absolute Gasteiger partial charge is 0.379 e. The summed E-state index contributed by atoms with van der Waals surface area (Å²) in [6.07, 6.45) is 5.74. The standard InChI is InChI=1S/C26H31N5O2S/c1-19-17-28-26(34-15-12-30-10-13-33-14-11-30)29-24(19)22-5-3-9-31(18-22)25(32)21-6-7-23-20(16-21)4-2-8-27-23/h2,4,6-8,16-17,22H,3,5,9-15,18H2,1H3/t22-/m1/s1. The van der Waals surface area contributed by atoms with Crippen LogP contribution in [0.1, 0.15) is 40.4 Å². The maximum absolute atomic E-state index is 13.3. The first-order valence-corrected chi connectivity index (χ1v) is 13.1. The van der Waals surface area contributed by atoms with Crippen LogP contribution in [0.25, 0.3) is 10.9 Å². The quantitative estimate of drug-likeness (QED) is 0.395. The molecular formula is C26H31N5O2S. The minimum Gasteiger partial charge on any atom is -0.379 e. The van der Waals surface area contributed by atoms with Gasteiger partial charge in [0.05, 0.1) is 24.4 Å². The third kappa shape index (κ3) is 5.40. The molecule has 2 aliphatic heterocycles. The number of fused-ring (bicyclic) bond motifs is 1. The summed E-state index contributed by atoms with van der Waals surface area (Å²) in [7, 11) is 0. The Labute approximate surface area is 204 Å². The summed E-state index contributed by atoms with van der Waals surface area (Å²) in [6, 6.07) is 9.68. The summed E-state index contributed by atoms with van der Waals surface area (Å²) in [6.45, 7) is 8.22. The van der Waals surface area contributed by atoms with Crippen molar-refractivity contribution in [3.63, 3.8) is 0 Å². The molecule has 0 spiro atoms. The third-order valence-electron chi connectivity index (χ3n) is 6.68. The minimum absolute atomic E-state index is 0.0854. The van der Waals surface area contributed by atoms with Crippen LogP contribution in [0.5, 0.6) is 0 Å². The van der Waals surface area contributed by atoms with E-state index in [0.717, 1.165) is 90.9 Å². The van der Waals surface area contributed by atoms with Gasteiger partial charge < -0.3 is 9.64 Å². The first-order valence-electron chi connectivity index (χ1n) is 12.1. The van der Waals surface area contributed by atoms with E-state index in [1.165, 1.54) is 0 Å². The van der Waals surface area contributed by atoms with E-state index >= 15 is 0 Å². The van der Waals surface area contributed by atoms with E-state index in [4.69, 9.17) is 9.72 Å². The maximum Gasteiger partial charge on any atom is 0.253 e. The van der Waals surface area contributed by atoms with Crippen molar-refractivity contribution in [3.05, 3.63) is 59.5 Å². The van der Waals surface area contributed by atoms with E-state index in [0.29, 0.717) is 6.54 Å². The van der Waals surface area contributed by atoms with Crippen molar-refractivity contribution in [2.45, 2.75) is 30.8 Å². The topological polar surface area (TPSA) is 71.5 Å². The zero-order valence-corrected chi connectivity index (χ0v) is 20.5. The van der Waals surface area contributed by atoms with Gasteiger partial charge in [-0.25, -0.2) is 9.97 Å². The number of likely N-dealkylation sites (tertiary alicyclic amines) is 1. The van der Waals surface area contributed by atoms with Gasteiger partial charge in [0.25, 0.3) is 5.91 Å². The molecule has 2 aliphatic rings. The van der Waals surface area contributed by atoms with Crippen molar-refractivity contribution in [2.75, 3.05) is 51.7 Å². The highest BCUT2D eigenvalue weighted by atomic mass is 32.2. The van der Waals surface area contributed by atoms with Crippen LogP contribution in [0, 0.1) is 6.92 Å². The number of carbonyl (C=O) groups excluding carboxylic acids is 1. The molecular weight excluding hydrogens is 446 g/mol. The molecule has 5 rings (SSSR count). The Balaban J connectivity index is 1.25. The molecule has 1 atom stereocenters. The number of ether oxygens (including phenoxy) is 1. The lowest BCUT2D eigenvalue weighted by atomic mass is 9.92. The lowest BCUT2D eigenvalue weighted by Gasteiger charge is -2.33. The van der Waals surface area contributed by atoms with Crippen molar-refractivity contribution in [3.8, 4) is 0 Å². The SMILES string of the molecule is Cc1cnc(SCCN2CCOCC2)nc1[C@@H]1CCCN(C(=O)c2ccc3ncccc3c2)C1. The van der Waals surface area contributed by atoms with Gasteiger partial charge in [0.15, 0.2) is 5.16 Å². The van der Waals surface area contributed by atoms with Crippen LogP contribution in [0.15, 0.2) is 47.9 Å². The molecule has 1 aromatic carbocycles. The van der Waals surface area contributed by atoms with Gasteiger partial charge in [-0.2, -0.15) is 0 Å². The number of amides is 1. The highest BCUT2D eigenvalue weighted by molar-refractivity contribution is 7.99. The molecule has 1 amide bonds. The van der Waals surface area contributed by atoms with Crippen LogP contribution in [0.3, 0.4) is 0 Å². The number of piperidine rings is 1. The van der Waals surface area contributed by atoms with Crippen LogP contribution in [-0.4, -0.2) is 82.3 Å². The summed E-state index contributed by atoms with van der Waals surface area (Å²) in [5, 5.41) is 1.83. The molecule has 0 saturated carbocycles. The van der Waals surface area contributed by atoms with Gasteiger partial charge in [0.2, 0.25) is 0 Å². The van der Waals surface area contributed by atoms with Crippen LogP contribution >= 0.6 is 11.8 Å². The lowest BCUT2D eigenvalue weighted by molar-refractivity contribution is 0.0410. The number of rotatable bonds is 6. The predicted molar refractivity (Wildman–Crippen MR) is 134 cm³/mol. The zero-order chi connectivity index (χ0) is 23.3. The second-order valence-corrected chi connectivity index (χ2v) is 10.1. The third-order valence-corrected chi connectivity index (χ3v) is 7.52. The van der Waals surface area contributed by atoms with Crippen LogP contribution in [0.4, 0.5) is 0 Å². The van der Waals surface area contributed by atoms with E-state index in [1.807, 2.05) is 41.4 Å². The van der Waals surface area contributed by atoms with Gasteiger partial charge in [-0.15, -0.1) is 0 Å². The molecule has 0 aliphatic carbocycles. The first kappa shape index (κ1) is 23.2. The van der Waals surface area contributed by atoms with Crippen molar-refractivity contribution in [1.29, 1.82) is 0 Å². The number of nitrogens with zero attached hydrogens (tertiary/aromatic N) is 5. The van der Waals surface area contributed by atoms with Crippen LogP contribution in [-0.2, 0) is 4.74 Å². The molecule has 8 heteroatoms. The lowest BCUT2D eigenvalue weighted by Crippen LogP contribution is -2.39. The smallest absolute Gasteiger partial charge is 0.253 e. The summed E-state index contributed by atoms with van der Waals surface area (Å²) < 4.78 is 5.43. The Bertz CT molecular complexity index is 1150. The average Bonchev–Trinajstić information content (AvgIpc) is 2.89. The molecule has 0 bridgehead atoms. The second kappa shape index (κ2) is 10.8. The highest BCUT2D eigenvalue weighted by Gasteiger charge is 2.28. The fourth-order valence-electron chi connectivity index (χ4n) is 4.79. The van der Waals surface area contributed by atoms with Gasteiger partial charge in [0, 0.05) is 67.7 Å². The number of aryl methyl sites for hydroxylation is 1. The molecule has 3 aromatic rings. The molecule has 0 N–H and O–H groups in total. The van der Waals surface area contributed by atoms with Gasteiger partial charge in [-0.1, -0.05) is 17.8 Å². The van der Waals surface area contributed by atoms with Gasteiger partial charge in [-0.3, -0.25) is 14.7 Å². The maximum atomic E-state index is 13.3. The summed E-state index contributed by atoms with van der Waals surface area (Å²) in [5.41, 5.74) is 3.82. The number of pyridine rings is 1. The minimum atomic E-state index is 0.0854. The Morgan fingerprint density at radius 3 is 2.94 bits per heavy atom. The Hall–Kier alpha value is -2.55. The second-order valence-electron chi connectivity index (χ2n) is 9.02. The van der Waals surface area contributed by atoms with Crippen molar-refractivity contribution in [2.24, 2.45) is 0 Å². The summed E-state index contributed by atoms with van der Waals surface area (Å²) >= 11 is 1.71. The van der Waals surface area contributed by atoms with E-state index in [2.05, 4.69) is 21.8 Å². The molecule has 2 fully saturated rings. The van der Waals surface area contributed by atoms with E-state index in [9.17, 15) is 4.79 Å². The van der Waals surface area contributed by atoms with Gasteiger partial charge in [-0.05, 0) is 49.6 Å². The van der Waals surface area contributed by atoms with Crippen molar-refractivity contribution in [1.82, 2.24) is 24.8 Å². The molecule has 0 radical (unpaired) electrons. The molecule has 0 unspecified atom stereocenters.